The van der Waals surface area contributed by atoms with Crippen molar-refractivity contribution in [3.8, 4) is 0 Å². The van der Waals surface area contributed by atoms with E-state index in [9.17, 15) is 0 Å². The zero-order valence-corrected chi connectivity index (χ0v) is 8.57. The molecule has 0 bridgehead atoms. The molecule has 1 aromatic carbocycles. The molecule has 66 valence electrons. The van der Waals surface area contributed by atoms with Crippen LogP contribution in [0.4, 0.5) is 0 Å². The molecule has 0 atom stereocenters. The maximum absolute atomic E-state index is 2.27. The minimum atomic E-state index is 1.16. The lowest BCUT2D eigenvalue weighted by Crippen LogP contribution is -1.96. The summed E-state index contributed by atoms with van der Waals surface area (Å²) in [5, 5.41) is 0. The molecule has 0 radical (unpaired) electrons. The lowest BCUT2D eigenvalue weighted by atomic mass is 9.95. The highest BCUT2D eigenvalue weighted by molar-refractivity contribution is 5.39. The largest absolute Gasteiger partial charge is 0.0613 e. The first kappa shape index (κ1) is 9.31. The van der Waals surface area contributed by atoms with Crippen molar-refractivity contribution < 1.29 is 0 Å². The first-order chi connectivity index (χ1) is 5.70. The van der Waals surface area contributed by atoms with Gasteiger partial charge in [0.25, 0.3) is 0 Å². The highest BCUT2D eigenvalue weighted by Gasteiger charge is 2.03. The third-order valence-electron chi connectivity index (χ3n) is 2.70. The van der Waals surface area contributed by atoms with Crippen LogP contribution < -0.4 is 0 Å². The van der Waals surface area contributed by atoms with Gasteiger partial charge in [0.15, 0.2) is 0 Å². The van der Waals surface area contributed by atoms with Gasteiger partial charge >= 0.3 is 0 Å². The second kappa shape index (κ2) is 3.75. The normalized spacial score (nSPS) is 10.3. The van der Waals surface area contributed by atoms with Crippen molar-refractivity contribution in [2.75, 3.05) is 0 Å². The van der Waals surface area contributed by atoms with Crippen LogP contribution in [0.5, 0.6) is 0 Å². The predicted octanol–water partition coefficient (Wildman–Crippen LogP) is 3.43. The molecule has 0 unspecified atom stereocenters. The Morgan fingerprint density at radius 2 is 1.67 bits per heavy atom. The number of hydrogen-bond acceptors (Lipinski definition) is 0. The molecule has 0 heterocycles. The average Bonchev–Trinajstić information content (AvgIpc) is 2.09. The highest BCUT2D eigenvalue weighted by Crippen LogP contribution is 2.18. The molecule has 0 spiro atoms. The zero-order chi connectivity index (χ0) is 9.14. The number of hydrogen-bond donors (Lipinski definition) is 0. The highest BCUT2D eigenvalue weighted by atomic mass is 14.1. The van der Waals surface area contributed by atoms with Gasteiger partial charge in [-0.25, -0.2) is 0 Å². The molecule has 0 saturated carbocycles. The summed E-state index contributed by atoms with van der Waals surface area (Å²) < 4.78 is 0. The van der Waals surface area contributed by atoms with Crippen LogP contribution in [0.1, 0.15) is 36.1 Å². The van der Waals surface area contributed by atoms with Gasteiger partial charge in [0.1, 0.15) is 0 Å². The van der Waals surface area contributed by atoms with Crippen molar-refractivity contribution in [2.24, 2.45) is 0 Å². The van der Waals surface area contributed by atoms with Crippen molar-refractivity contribution in [1.29, 1.82) is 0 Å². The Labute approximate surface area is 75.6 Å². The molecule has 0 N–H and O–H groups in total. The smallest absolute Gasteiger partial charge is 0.0302 e. The predicted molar refractivity (Wildman–Crippen MR) is 54.7 cm³/mol. The van der Waals surface area contributed by atoms with Crippen LogP contribution in [-0.2, 0) is 12.8 Å². The quantitative estimate of drug-likeness (QED) is 0.625. The van der Waals surface area contributed by atoms with Crippen LogP contribution >= 0.6 is 0 Å². The summed E-state index contributed by atoms with van der Waals surface area (Å²) in [7, 11) is 0. The van der Waals surface area contributed by atoms with Gasteiger partial charge in [-0.15, -0.1) is 0 Å². The summed E-state index contributed by atoms with van der Waals surface area (Å²) in [5.41, 5.74) is 5.97. The first-order valence-electron chi connectivity index (χ1n) is 4.78. The fourth-order valence-electron chi connectivity index (χ4n) is 1.75. The average molecular weight is 162 g/mol. The Balaban J connectivity index is 3.25. The first-order valence-corrected chi connectivity index (χ1v) is 4.78. The lowest BCUT2D eigenvalue weighted by Gasteiger charge is -2.11. The molecule has 0 amide bonds. The van der Waals surface area contributed by atoms with Crippen LogP contribution in [0.15, 0.2) is 12.1 Å². The third kappa shape index (κ3) is 1.52. The van der Waals surface area contributed by atoms with Gasteiger partial charge in [0.05, 0.1) is 0 Å². The van der Waals surface area contributed by atoms with Gasteiger partial charge in [-0.2, -0.15) is 0 Å². The molecular weight excluding hydrogens is 144 g/mol. The van der Waals surface area contributed by atoms with E-state index in [0.29, 0.717) is 0 Å². The van der Waals surface area contributed by atoms with Crippen molar-refractivity contribution in [2.45, 2.75) is 40.5 Å². The van der Waals surface area contributed by atoms with E-state index >= 15 is 0 Å². The zero-order valence-electron chi connectivity index (χ0n) is 8.57. The number of benzene rings is 1. The fraction of sp³-hybridized carbons (Fsp3) is 0.500. The minimum Gasteiger partial charge on any atom is -0.0613 e. The summed E-state index contributed by atoms with van der Waals surface area (Å²) in [6.07, 6.45) is 2.32. The molecular formula is C12H18. The van der Waals surface area contributed by atoms with Crippen molar-refractivity contribution in [1.82, 2.24) is 0 Å². The molecule has 0 fully saturated rings. The van der Waals surface area contributed by atoms with Crippen LogP contribution in [0.25, 0.3) is 0 Å². The van der Waals surface area contributed by atoms with E-state index in [4.69, 9.17) is 0 Å². The van der Waals surface area contributed by atoms with E-state index in [1.54, 1.807) is 5.56 Å². The summed E-state index contributed by atoms with van der Waals surface area (Å²) >= 11 is 0. The third-order valence-corrected chi connectivity index (χ3v) is 2.70. The Morgan fingerprint density at radius 3 is 2.17 bits per heavy atom. The summed E-state index contributed by atoms with van der Waals surface area (Å²) in [6, 6.07) is 4.49. The van der Waals surface area contributed by atoms with E-state index in [0.717, 1.165) is 12.8 Å². The topological polar surface area (TPSA) is 0 Å². The van der Waals surface area contributed by atoms with Crippen molar-refractivity contribution in [3.05, 3.63) is 34.4 Å². The molecule has 0 aromatic heterocycles. The van der Waals surface area contributed by atoms with E-state index in [2.05, 4.69) is 39.8 Å². The number of rotatable bonds is 2. The second-order valence-corrected chi connectivity index (χ2v) is 3.35. The van der Waals surface area contributed by atoms with Crippen LogP contribution in [0.2, 0.25) is 0 Å². The van der Waals surface area contributed by atoms with E-state index in [1.165, 1.54) is 16.7 Å². The standard InChI is InChI=1S/C12H18/c1-5-11-8-7-9(3)10(4)12(11)6-2/h7-8H,5-6H2,1-4H3. The molecule has 12 heavy (non-hydrogen) atoms. The van der Waals surface area contributed by atoms with Gasteiger partial charge in [0.2, 0.25) is 0 Å². The summed E-state index contributed by atoms with van der Waals surface area (Å²) in [5.74, 6) is 0. The van der Waals surface area contributed by atoms with E-state index < -0.39 is 0 Å². The van der Waals surface area contributed by atoms with Gasteiger partial charge in [-0.1, -0.05) is 26.0 Å². The monoisotopic (exact) mass is 162 g/mol. The Kier molecular flexibility index (Phi) is 2.91. The van der Waals surface area contributed by atoms with Gasteiger partial charge in [-0.05, 0) is 48.9 Å². The van der Waals surface area contributed by atoms with Crippen LogP contribution in [0, 0.1) is 13.8 Å². The molecule has 1 rings (SSSR count). The van der Waals surface area contributed by atoms with Gasteiger partial charge < -0.3 is 0 Å². The van der Waals surface area contributed by atoms with E-state index in [-0.39, 0.29) is 0 Å². The fourth-order valence-corrected chi connectivity index (χ4v) is 1.75. The molecule has 0 heteroatoms. The molecule has 0 aliphatic heterocycles. The van der Waals surface area contributed by atoms with Gasteiger partial charge in [-0.3, -0.25) is 0 Å². The Morgan fingerprint density at radius 1 is 1.00 bits per heavy atom. The Hall–Kier alpha value is -0.780. The van der Waals surface area contributed by atoms with E-state index in [1.807, 2.05) is 0 Å². The van der Waals surface area contributed by atoms with Crippen LogP contribution in [0.3, 0.4) is 0 Å². The molecule has 0 aliphatic carbocycles. The number of aryl methyl sites for hydroxylation is 2. The van der Waals surface area contributed by atoms with Crippen molar-refractivity contribution >= 4 is 0 Å². The maximum Gasteiger partial charge on any atom is -0.0302 e. The van der Waals surface area contributed by atoms with Crippen molar-refractivity contribution in [3.63, 3.8) is 0 Å². The second-order valence-electron chi connectivity index (χ2n) is 3.35. The minimum absolute atomic E-state index is 1.16. The molecule has 0 saturated heterocycles. The molecule has 0 nitrogen and oxygen atoms in total. The Bertz CT molecular complexity index is 272. The molecule has 1 aromatic rings. The maximum atomic E-state index is 2.27. The summed E-state index contributed by atoms with van der Waals surface area (Å²) in [6.45, 7) is 8.88. The molecule has 0 aliphatic rings. The lowest BCUT2D eigenvalue weighted by molar-refractivity contribution is 1.01. The van der Waals surface area contributed by atoms with Gasteiger partial charge in [0, 0.05) is 0 Å². The van der Waals surface area contributed by atoms with Crippen LogP contribution in [-0.4, -0.2) is 0 Å². The SMILES string of the molecule is CCc1ccc(C)c(C)c1CC. The summed E-state index contributed by atoms with van der Waals surface area (Å²) in [4.78, 5) is 0.